The van der Waals surface area contributed by atoms with Crippen molar-refractivity contribution in [3.05, 3.63) is 83.2 Å². The van der Waals surface area contributed by atoms with Gasteiger partial charge in [0.2, 0.25) is 0 Å². The third-order valence-electron chi connectivity index (χ3n) is 7.27. The van der Waals surface area contributed by atoms with Gasteiger partial charge in [-0.1, -0.05) is 53.7 Å². The molecule has 0 amide bonds. The van der Waals surface area contributed by atoms with Crippen LogP contribution in [0.25, 0.3) is 32.7 Å². The topological polar surface area (TPSA) is 56.0 Å². The highest BCUT2D eigenvalue weighted by molar-refractivity contribution is 6.05. The van der Waals surface area contributed by atoms with Crippen LogP contribution in [0, 0.1) is 0 Å². The number of benzene rings is 3. The van der Waals surface area contributed by atoms with Gasteiger partial charge in [0.1, 0.15) is 5.52 Å². The summed E-state index contributed by atoms with van der Waals surface area (Å²) in [5.74, 6) is 0. The van der Waals surface area contributed by atoms with Crippen molar-refractivity contribution < 1.29 is 0 Å². The number of piperidine rings is 1. The van der Waals surface area contributed by atoms with Crippen LogP contribution in [-0.4, -0.2) is 44.1 Å². The van der Waals surface area contributed by atoms with Crippen molar-refractivity contribution in [3.8, 4) is 0 Å². The Morgan fingerprint density at radius 2 is 1.38 bits per heavy atom. The van der Waals surface area contributed by atoms with Gasteiger partial charge in [-0.05, 0) is 61.9 Å². The lowest BCUT2D eigenvalue weighted by Gasteiger charge is -2.32. The van der Waals surface area contributed by atoms with Crippen LogP contribution >= 0.6 is 0 Å². The zero-order valence-electron chi connectivity index (χ0n) is 19.3. The molecule has 6 rings (SSSR count). The summed E-state index contributed by atoms with van der Waals surface area (Å²) < 4.78 is 4.09. The van der Waals surface area contributed by atoms with E-state index >= 15 is 0 Å². The van der Waals surface area contributed by atoms with Gasteiger partial charge in [-0.2, -0.15) is 0 Å². The molecule has 0 atom stereocenters. The van der Waals surface area contributed by atoms with Crippen molar-refractivity contribution in [1.29, 1.82) is 0 Å². The van der Waals surface area contributed by atoms with Crippen LogP contribution in [0.2, 0.25) is 0 Å². The van der Waals surface area contributed by atoms with Gasteiger partial charge in [0.25, 0.3) is 5.56 Å². The highest BCUT2D eigenvalue weighted by Gasteiger charge is 2.22. The average Bonchev–Trinajstić information content (AvgIpc) is 3.33. The Hall–Kier alpha value is -3.51. The summed E-state index contributed by atoms with van der Waals surface area (Å²) >= 11 is 0. The van der Waals surface area contributed by atoms with E-state index in [4.69, 9.17) is 0 Å². The number of pyridine rings is 1. The summed E-state index contributed by atoms with van der Waals surface area (Å²) in [5.41, 5.74) is 3.26. The van der Waals surface area contributed by atoms with E-state index in [1.807, 2.05) is 41.0 Å². The van der Waals surface area contributed by atoms with E-state index in [0.717, 1.165) is 84.6 Å². The van der Waals surface area contributed by atoms with E-state index in [1.54, 1.807) is 0 Å². The molecule has 6 nitrogen and oxygen atoms in total. The van der Waals surface area contributed by atoms with Gasteiger partial charge in [0, 0.05) is 30.4 Å². The van der Waals surface area contributed by atoms with Crippen LogP contribution in [0.4, 0.5) is 0 Å². The molecule has 0 unspecified atom stereocenters. The van der Waals surface area contributed by atoms with E-state index in [9.17, 15) is 4.79 Å². The second-order valence-corrected chi connectivity index (χ2v) is 9.32. The summed E-state index contributed by atoms with van der Waals surface area (Å²) in [7, 11) is 0. The fourth-order valence-electron chi connectivity index (χ4n) is 5.47. The maximum Gasteiger partial charge on any atom is 0.258 e. The molecule has 0 N–H and O–H groups in total. The first-order chi connectivity index (χ1) is 16.8. The Labute approximate surface area is 198 Å². The molecule has 1 fully saturated rings. The first-order valence-corrected chi connectivity index (χ1v) is 12.3. The van der Waals surface area contributed by atoms with Crippen molar-refractivity contribution in [2.24, 2.45) is 0 Å². The standard InChI is InChI=1S/C28H29N5O/c34-28-24-11-2-1-9-22(24)23-10-3-5-13-26(23)32(28)18-8-7-17-31-19-15-21(16-20-31)33-27-14-6-4-12-25(27)29-30-33/h1-6,9-14,21H,7-8,15-20H2. The van der Waals surface area contributed by atoms with Gasteiger partial charge in [0.05, 0.1) is 17.1 Å². The SMILES string of the molecule is O=c1c2ccccc2c2ccccc2n1CCCCN1CCC(n2nnc3ccccc32)CC1. The number of nitrogens with zero attached hydrogens (tertiary/aromatic N) is 5. The maximum absolute atomic E-state index is 13.2. The van der Waals surface area contributed by atoms with Crippen molar-refractivity contribution in [2.45, 2.75) is 38.3 Å². The fourth-order valence-corrected chi connectivity index (χ4v) is 5.47. The molecule has 5 aromatic rings. The van der Waals surface area contributed by atoms with Crippen LogP contribution in [-0.2, 0) is 6.54 Å². The third-order valence-corrected chi connectivity index (χ3v) is 7.27. The van der Waals surface area contributed by atoms with Crippen LogP contribution < -0.4 is 5.56 Å². The molecular weight excluding hydrogens is 422 g/mol. The first kappa shape index (κ1) is 21.1. The molecule has 1 aliphatic heterocycles. The number of likely N-dealkylation sites (tertiary alicyclic amines) is 1. The number of fused-ring (bicyclic) bond motifs is 4. The minimum Gasteiger partial charge on any atom is -0.308 e. The minimum absolute atomic E-state index is 0.121. The molecule has 0 aliphatic carbocycles. The number of aryl methyl sites for hydroxylation is 1. The molecule has 3 heterocycles. The van der Waals surface area contributed by atoms with E-state index < -0.39 is 0 Å². The van der Waals surface area contributed by atoms with Crippen LogP contribution in [0.3, 0.4) is 0 Å². The van der Waals surface area contributed by atoms with Crippen molar-refractivity contribution in [2.75, 3.05) is 19.6 Å². The normalized spacial score (nSPS) is 15.5. The number of hydrogen-bond acceptors (Lipinski definition) is 4. The Balaban J connectivity index is 1.08. The highest BCUT2D eigenvalue weighted by atomic mass is 16.1. The summed E-state index contributed by atoms with van der Waals surface area (Å²) in [6.45, 7) is 3.99. The second kappa shape index (κ2) is 9.03. The Bertz CT molecular complexity index is 1510. The van der Waals surface area contributed by atoms with Gasteiger partial charge in [-0.25, -0.2) is 4.68 Å². The van der Waals surface area contributed by atoms with Gasteiger partial charge in [-0.15, -0.1) is 5.10 Å². The molecule has 1 aliphatic rings. The lowest BCUT2D eigenvalue weighted by molar-refractivity contribution is 0.178. The van der Waals surface area contributed by atoms with Gasteiger partial charge in [0.15, 0.2) is 0 Å². The quantitative estimate of drug-likeness (QED) is 0.269. The molecule has 34 heavy (non-hydrogen) atoms. The van der Waals surface area contributed by atoms with Crippen LogP contribution in [0.15, 0.2) is 77.6 Å². The van der Waals surface area contributed by atoms with E-state index in [-0.39, 0.29) is 5.56 Å². The number of aromatic nitrogens is 4. The second-order valence-electron chi connectivity index (χ2n) is 9.32. The van der Waals surface area contributed by atoms with Crippen molar-refractivity contribution in [1.82, 2.24) is 24.5 Å². The largest absolute Gasteiger partial charge is 0.308 e. The summed E-state index contributed by atoms with van der Waals surface area (Å²) in [6.07, 6.45) is 4.28. The third kappa shape index (κ3) is 3.78. The molecule has 0 saturated carbocycles. The fraction of sp³-hybridized carbons (Fsp3) is 0.321. The van der Waals surface area contributed by atoms with E-state index in [2.05, 4.69) is 56.3 Å². The molecular formula is C28H29N5O. The lowest BCUT2D eigenvalue weighted by Crippen LogP contribution is -2.35. The number of para-hydroxylation sites is 2. The Morgan fingerprint density at radius 3 is 2.21 bits per heavy atom. The zero-order chi connectivity index (χ0) is 22.9. The van der Waals surface area contributed by atoms with E-state index in [1.165, 1.54) is 0 Å². The van der Waals surface area contributed by atoms with Crippen LogP contribution in [0.5, 0.6) is 0 Å². The molecule has 0 spiro atoms. The maximum atomic E-state index is 13.2. The monoisotopic (exact) mass is 451 g/mol. The molecule has 3 aromatic carbocycles. The summed E-state index contributed by atoms with van der Waals surface area (Å²) in [6, 6.07) is 24.9. The van der Waals surface area contributed by atoms with E-state index in [0.29, 0.717) is 6.04 Å². The zero-order valence-corrected chi connectivity index (χ0v) is 19.3. The van der Waals surface area contributed by atoms with Gasteiger partial charge >= 0.3 is 0 Å². The Morgan fingerprint density at radius 1 is 0.735 bits per heavy atom. The number of hydrogen-bond donors (Lipinski definition) is 0. The number of unbranched alkanes of at least 4 members (excludes halogenated alkanes) is 1. The summed E-state index contributed by atoms with van der Waals surface area (Å²) in [4.78, 5) is 15.8. The highest BCUT2D eigenvalue weighted by Crippen LogP contribution is 2.26. The number of rotatable bonds is 6. The lowest BCUT2D eigenvalue weighted by atomic mass is 10.0. The smallest absolute Gasteiger partial charge is 0.258 e. The minimum atomic E-state index is 0.121. The average molecular weight is 452 g/mol. The van der Waals surface area contributed by atoms with Gasteiger partial charge < -0.3 is 9.47 Å². The van der Waals surface area contributed by atoms with Crippen LogP contribution in [0.1, 0.15) is 31.7 Å². The predicted molar refractivity (Wildman–Crippen MR) is 137 cm³/mol. The molecule has 172 valence electrons. The molecule has 0 radical (unpaired) electrons. The Kier molecular flexibility index (Phi) is 5.59. The van der Waals surface area contributed by atoms with Crippen molar-refractivity contribution >= 4 is 32.7 Å². The van der Waals surface area contributed by atoms with Gasteiger partial charge in [-0.3, -0.25) is 4.79 Å². The molecule has 0 bridgehead atoms. The summed E-state index contributed by atoms with van der Waals surface area (Å²) in [5, 5.41) is 11.8. The predicted octanol–water partition coefficient (Wildman–Crippen LogP) is 5.02. The molecule has 2 aromatic heterocycles. The van der Waals surface area contributed by atoms with Crippen molar-refractivity contribution in [3.63, 3.8) is 0 Å². The first-order valence-electron chi connectivity index (χ1n) is 12.3. The molecule has 1 saturated heterocycles. The molecule has 6 heteroatoms.